The Morgan fingerprint density at radius 1 is 1.16 bits per heavy atom. The molecule has 25 heavy (non-hydrogen) atoms. The Hall–Kier alpha value is -3.48. The molecule has 0 fully saturated rings. The highest BCUT2D eigenvalue weighted by Crippen LogP contribution is 2.15. The Morgan fingerprint density at radius 3 is 2.60 bits per heavy atom. The summed E-state index contributed by atoms with van der Waals surface area (Å²) in [6.07, 6.45) is 1.86. The third-order valence-corrected chi connectivity index (χ3v) is 3.84. The lowest BCUT2D eigenvalue weighted by atomic mass is 10.1. The number of hydrazone groups is 1. The van der Waals surface area contributed by atoms with Crippen LogP contribution in [-0.2, 0) is 11.3 Å². The summed E-state index contributed by atoms with van der Waals surface area (Å²) in [7, 11) is 0. The normalized spacial score (nSPS) is 11.5. The van der Waals surface area contributed by atoms with Gasteiger partial charge in [0.15, 0.2) is 0 Å². The average molecular weight is 336 g/mol. The summed E-state index contributed by atoms with van der Waals surface area (Å²) in [6.45, 7) is 1.89. The van der Waals surface area contributed by atoms with Crippen LogP contribution in [0, 0.1) is 10.1 Å². The monoisotopic (exact) mass is 336 g/mol. The maximum Gasteiger partial charge on any atom is 0.269 e. The number of amides is 1. The number of nitro groups is 1. The Labute approximate surface area is 143 Å². The molecule has 1 amide bonds. The summed E-state index contributed by atoms with van der Waals surface area (Å²) < 4.78 is 1.85. The van der Waals surface area contributed by atoms with E-state index in [1.807, 2.05) is 41.1 Å². The molecule has 0 bridgehead atoms. The van der Waals surface area contributed by atoms with Crippen molar-refractivity contribution in [2.24, 2.45) is 5.10 Å². The van der Waals surface area contributed by atoms with Gasteiger partial charge in [0.05, 0.1) is 10.6 Å². The molecule has 7 nitrogen and oxygen atoms in total. The molecule has 0 aliphatic carbocycles. The van der Waals surface area contributed by atoms with Gasteiger partial charge in [-0.3, -0.25) is 14.9 Å². The first kappa shape index (κ1) is 16.4. The first-order valence-corrected chi connectivity index (χ1v) is 7.66. The van der Waals surface area contributed by atoms with Crippen molar-refractivity contribution in [2.75, 3.05) is 0 Å². The van der Waals surface area contributed by atoms with Gasteiger partial charge >= 0.3 is 0 Å². The van der Waals surface area contributed by atoms with Gasteiger partial charge in [-0.25, -0.2) is 5.43 Å². The van der Waals surface area contributed by atoms with Crippen LogP contribution in [0.3, 0.4) is 0 Å². The predicted octanol–water partition coefficient (Wildman–Crippen LogP) is 3.09. The van der Waals surface area contributed by atoms with Crippen LogP contribution in [0.25, 0.3) is 10.9 Å². The van der Waals surface area contributed by atoms with Gasteiger partial charge in [-0.2, -0.15) is 5.10 Å². The molecule has 0 aliphatic rings. The number of hydrogen-bond donors (Lipinski definition) is 1. The molecule has 1 aromatic heterocycles. The van der Waals surface area contributed by atoms with Crippen LogP contribution in [0.15, 0.2) is 65.9 Å². The van der Waals surface area contributed by atoms with Gasteiger partial charge in [-0.1, -0.05) is 18.2 Å². The number of carbonyl (C=O) groups excluding carboxylic acids is 1. The second-order valence-corrected chi connectivity index (χ2v) is 5.54. The maximum atomic E-state index is 12.1. The molecular weight excluding hydrogens is 320 g/mol. The minimum atomic E-state index is -0.459. The van der Waals surface area contributed by atoms with Crippen molar-refractivity contribution in [3.8, 4) is 0 Å². The summed E-state index contributed by atoms with van der Waals surface area (Å²) >= 11 is 0. The quantitative estimate of drug-likeness (QED) is 0.441. The molecule has 0 saturated heterocycles. The van der Waals surface area contributed by atoms with Gasteiger partial charge in [0.1, 0.15) is 6.54 Å². The number of non-ortho nitro benzene ring substituents is 1. The second kappa shape index (κ2) is 6.96. The Morgan fingerprint density at radius 2 is 1.88 bits per heavy atom. The van der Waals surface area contributed by atoms with Crippen molar-refractivity contribution in [1.29, 1.82) is 0 Å². The smallest absolute Gasteiger partial charge is 0.269 e. The van der Waals surface area contributed by atoms with Crippen LogP contribution < -0.4 is 5.43 Å². The number of nitro benzene ring substituents is 1. The zero-order chi connectivity index (χ0) is 17.8. The molecule has 3 rings (SSSR count). The number of fused-ring (bicyclic) bond motifs is 1. The molecule has 0 atom stereocenters. The fourth-order valence-electron chi connectivity index (χ4n) is 2.50. The van der Waals surface area contributed by atoms with Crippen LogP contribution in [0.5, 0.6) is 0 Å². The summed E-state index contributed by atoms with van der Waals surface area (Å²) in [4.78, 5) is 22.3. The van der Waals surface area contributed by atoms with E-state index in [0.29, 0.717) is 11.3 Å². The van der Waals surface area contributed by atoms with Gasteiger partial charge in [0.25, 0.3) is 11.6 Å². The molecule has 0 radical (unpaired) electrons. The number of nitrogens with one attached hydrogen (secondary N) is 1. The molecule has 0 unspecified atom stereocenters. The van der Waals surface area contributed by atoms with E-state index in [0.717, 1.165) is 10.9 Å². The number of para-hydroxylation sites is 1. The zero-order valence-electron chi connectivity index (χ0n) is 13.5. The van der Waals surface area contributed by atoms with E-state index in [1.54, 1.807) is 19.1 Å². The highest BCUT2D eigenvalue weighted by atomic mass is 16.6. The van der Waals surface area contributed by atoms with Crippen molar-refractivity contribution in [2.45, 2.75) is 13.5 Å². The Kier molecular flexibility index (Phi) is 4.56. The highest BCUT2D eigenvalue weighted by Gasteiger charge is 2.07. The van der Waals surface area contributed by atoms with Crippen molar-refractivity contribution < 1.29 is 9.72 Å². The van der Waals surface area contributed by atoms with Crippen molar-refractivity contribution >= 4 is 28.2 Å². The number of rotatable bonds is 5. The first-order chi connectivity index (χ1) is 12.0. The Bertz CT molecular complexity index is 958. The molecule has 0 aliphatic heterocycles. The number of hydrogen-bond acceptors (Lipinski definition) is 4. The van der Waals surface area contributed by atoms with E-state index >= 15 is 0 Å². The lowest BCUT2D eigenvalue weighted by molar-refractivity contribution is -0.384. The standard InChI is InChI=1S/C18H16N4O3/c1-13(14-6-8-16(9-7-14)22(24)25)19-20-18(23)12-21-11-10-15-4-2-3-5-17(15)21/h2-11H,12H2,1H3,(H,20,23)/b19-13+. The van der Waals surface area contributed by atoms with Crippen LogP contribution >= 0.6 is 0 Å². The third kappa shape index (κ3) is 3.72. The second-order valence-electron chi connectivity index (χ2n) is 5.54. The van der Waals surface area contributed by atoms with E-state index in [1.165, 1.54) is 12.1 Å². The molecule has 7 heteroatoms. The van der Waals surface area contributed by atoms with E-state index in [9.17, 15) is 14.9 Å². The molecule has 1 N–H and O–H groups in total. The van der Waals surface area contributed by atoms with Crippen molar-refractivity contribution in [1.82, 2.24) is 9.99 Å². The molecule has 0 spiro atoms. The summed E-state index contributed by atoms with van der Waals surface area (Å²) in [5.41, 5.74) is 4.79. The molecule has 2 aromatic carbocycles. The third-order valence-electron chi connectivity index (χ3n) is 3.84. The SMILES string of the molecule is C/C(=N\NC(=O)Cn1ccc2ccccc21)c1ccc([N+](=O)[O-])cc1. The lowest BCUT2D eigenvalue weighted by Crippen LogP contribution is -2.23. The number of aromatic nitrogens is 1. The van der Waals surface area contributed by atoms with Crippen LogP contribution in [0.1, 0.15) is 12.5 Å². The first-order valence-electron chi connectivity index (χ1n) is 7.66. The number of nitrogens with zero attached hydrogens (tertiary/aromatic N) is 3. The van der Waals surface area contributed by atoms with E-state index in [4.69, 9.17) is 0 Å². The van der Waals surface area contributed by atoms with E-state index in [-0.39, 0.29) is 18.1 Å². The molecule has 1 heterocycles. The minimum absolute atomic E-state index is 0.0140. The molecule has 3 aromatic rings. The van der Waals surface area contributed by atoms with Gasteiger partial charge in [-0.15, -0.1) is 0 Å². The largest absolute Gasteiger partial charge is 0.338 e. The van der Waals surface area contributed by atoms with Crippen LogP contribution in [0.4, 0.5) is 5.69 Å². The average Bonchev–Trinajstić information content (AvgIpc) is 3.03. The van der Waals surface area contributed by atoms with Gasteiger partial charge in [0, 0.05) is 23.8 Å². The van der Waals surface area contributed by atoms with Gasteiger partial charge < -0.3 is 4.57 Å². The van der Waals surface area contributed by atoms with Crippen LogP contribution in [-0.4, -0.2) is 21.1 Å². The number of carbonyl (C=O) groups is 1. The summed E-state index contributed by atoms with van der Waals surface area (Å²) in [5.74, 6) is -0.248. The molecule has 126 valence electrons. The van der Waals surface area contributed by atoms with Gasteiger partial charge in [-0.05, 0) is 42.1 Å². The molecule has 0 saturated carbocycles. The molecular formula is C18H16N4O3. The Balaban J connectivity index is 1.66. The topological polar surface area (TPSA) is 89.5 Å². The number of benzene rings is 2. The summed E-state index contributed by atoms with van der Waals surface area (Å²) in [5, 5.41) is 15.8. The maximum absolute atomic E-state index is 12.1. The highest BCUT2D eigenvalue weighted by molar-refractivity contribution is 5.99. The van der Waals surface area contributed by atoms with E-state index < -0.39 is 4.92 Å². The van der Waals surface area contributed by atoms with Gasteiger partial charge in [0.2, 0.25) is 0 Å². The van der Waals surface area contributed by atoms with Crippen molar-refractivity contribution in [3.63, 3.8) is 0 Å². The fourth-order valence-corrected chi connectivity index (χ4v) is 2.50. The minimum Gasteiger partial charge on any atom is -0.338 e. The zero-order valence-corrected chi connectivity index (χ0v) is 13.5. The van der Waals surface area contributed by atoms with E-state index in [2.05, 4.69) is 10.5 Å². The lowest BCUT2D eigenvalue weighted by Gasteiger charge is -2.05. The van der Waals surface area contributed by atoms with Crippen molar-refractivity contribution in [3.05, 3.63) is 76.5 Å². The fraction of sp³-hybridized carbons (Fsp3) is 0.111. The predicted molar refractivity (Wildman–Crippen MR) is 95.4 cm³/mol. The summed E-state index contributed by atoms with van der Waals surface area (Å²) in [6, 6.07) is 15.8. The van der Waals surface area contributed by atoms with Crippen LogP contribution in [0.2, 0.25) is 0 Å².